The quantitative estimate of drug-likeness (QED) is 0.284. The first-order valence-corrected chi connectivity index (χ1v) is 12.2. The molecule has 1 atom stereocenters. The third kappa shape index (κ3) is 6.06. The van der Waals surface area contributed by atoms with Crippen LogP contribution in [-0.2, 0) is 21.4 Å². The van der Waals surface area contributed by atoms with E-state index in [1.165, 1.54) is 6.07 Å². The number of nitrogens with one attached hydrogen (secondary N) is 2. The molecule has 7 nitrogen and oxygen atoms in total. The number of rotatable bonds is 9. The summed E-state index contributed by atoms with van der Waals surface area (Å²) < 4.78 is 23.9. The van der Waals surface area contributed by atoms with Crippen LogP contribution in [0.2, 0.25) is 0 Å². The number of nitrogens with two attached hydrogens (primary N) is 2. The maximum Gasteiger partial charge on any atom is 0.238 e. The van der Waals surface area contributed by atoms with Gasteiger partial charge in [0.05, 0.1) is 10.8 Å². The average molecular weight is 465 g/mol. The summed E-state index contributed by atoms with van der Waals surface area (Å²) in [7, 11) is -3.86. The van der Waals surface area contributed by atoms with Crippen molar-refractivity contribution in [2.45, 2.75) is 37.1 Å². The highest BCUT2D eigenvalue weighted by atomic mass is 32.2. The Morgan fingerprint density at radius 2 is 1.73 bits per heavy atom. The molecule has 6 N–H and O–H groups in total. The summed E-state index contributed by atoms with van der Waals surface area (Å²) in [5, 5.41) is 15.9. The highest BCUT2D eigenvalue weighted by Crippen LogP contribution is 2.29. The van der Waals surface area contributed by atoms with Gasteiger partial charge in [-0.3, -0.25) is 10.2 Å². The van der Waals surface area contributed by atoms with Gasteiger partial charge in [-0.25, -0.2) is 13.6 Å². The number of sulfonamides is 1. The Bertz CT molecular complexity index is 1250. The topological polar surface area (TPSA) is 139 Å². The van der Waals surface area contributed by atoms with Crippen molar-refractivity contribution in [2.24, 2.45) is 10.9 Å². The van der Waals surface area contributed by atoms with E-state index in [1.807, 2.05) is 37.3 Å². The van der Waals surface area contributed by atoms with E-state index >= 15 is 0 Å². The molecule has 172 valence electrons. The molecule has 0 saturated heterocycles. The molecule has 0 radical (unpaired) electrons. The fourth-order valence-electron chi connectivity index (χ4n) is 3.75. The third-order valence-corrected chi connectivity index (χ3v) is 6.39. The third-order valence-electron chi connectivity index (χ3n) is 5.42. The second kappa shape index (κ2) is 10.4. The van der Waals surface area contributed by atoms with Crippen molar-refractivity contribution in [2.75, 3.05) is 0 Å². The van der Waals surface area contributed by atoms with E-state index in [1.54, 1.807) is 36.4 Å². The SMILES string of the molecule is CCCC(C(=O)NCc1cccc(C(=N)N)c1)c1ccc(-c2ccccc2S(N)(=O)=O)cc1. The Morgan fingerprint density at radius 1 is 1.03 bits per heavy atom. The average Bonchev–Trinajstić information content (AvgIpc) is 2.81. The predicted molar refractivity (Wildman–Crippen MR) is 130 cm³/mol. The van der Waals surface area contributed by atoms with Gasteiger partial charge >= 0.3 is 0 Å². The van der Waals surface area contributed by atoms with Gasteiger partial charge in [-0.15, -0.1) is 0 Å². The van der Waals surface area contributed by atoms with E-state index in [9.17, 15) is 13.2 Å². The molecule has 0 aliphatic carbocycles. The van der Waals surface area contributed by atoms with Crippen LogP contribution in [0.5, 0.6) is 0 Å². The smallest absolute Gasteiger partial charge is 0.238 e. The Labute approximate surface area is 194 Å². The standard InChI is InChI=1S/C25H28N4O3S/c1-2-6-22(25(30)29-16-17-7-5-8-20(15-17)24(26)27)19-13-11-18(12-14-19)21-9-3-4-10-23(21)33(28,31)32/h3-5,7-15,22H,2,6,16H2,1H3,(H3,26,27)(H,29,30)(H2,28,31,32). The van der Waals surface area contributed by atoms with E-state index in [2.05, 4.69) is 5.32 Å². The van der Waals surface area contributed by atoms with Crippen LogP contribution in [0.15, 0.2) is 77.7 Å². The van der Waals surface area contributed by atoms with E-state index in [0.29, 0.717) is 29.7 Å². The molecule has 33 heavy (non-hydrogen) atoms. The first-order valence-electron chi connectivity index (χ1n) is 10.6. The number of carbonyl (C=O) groups excluding carboxylic acids is 1. The number of nitrogen functional groups attached to an aromatic ring is 1. The van der Waals surface area contributed by atoms with Crippen LogP contribution < -0.4 is 16.2 Å². The first-order chi connectivity index (χ1) is 15.7. The maximum atomic E-state index is 13.0. The number of hydrogen-bond donors (Lipinski definition) is 4. The Balaban J connectivity index is 1.79. The zero-order valence-electron chi connectivity index (χ0n) is 18.4. The molecule has 1 amide bonds. The van der Waals surface area contributed by atoms with E-state index in [-0.39, 0.29) is 22.6 Å². The van der Waals surface area contributed by atoms with Crippen LogP contribution in [0.1, 0.15) is 42.4 Å². The van der Waals surface area contributed by atoms with Crippen LogP contribution in [0.3, 0.4) is 0 Å². The van der Waals surface area contributed by atoms with Crippen molar-refractivity contribution in [3.05, 3.63) is 89.5 Å². The van der Waals surface area contributed by atoms with Crippen molar-refractivity contribution in [1.82, 2.24) is 5.32 Å². The van der Waals surface area contributed by atoms with Crippen LogP contribution >= 0.6 is 0 Å². The molecule has 0 fully saturated rings. The molecule has 3 aromatic carbocycles. The number of primary sulfonamides is 1. The van der Waals surface area contributed by atoms with Gasteiger partial charge in [0.2, 0.25) is 15.9 Å². The fraction of sp³-hybridized carbons (Fsp3) is 0.200. The van der Waals surface area contributed by atoms with Crippen LogP contribution in [0.4, 0.5) is 0 Å². The number of carbonyl (C=O) groups is 1. The molecule has 0 aromatic heterocycles. The number of amides is 1. The van der Waals surface area contributed by atoms with Crippen molar-refractivity contribution in [3.63, 3.8) is 0 Å². The van der Waals surface area contributed by atoms with Gasteiger partial charge in [0.1, 0.15) is 5.84 Å². The Hall–Kier alpha value is -3.49. The molecule has 0 heterocycles. The number of amidine groups is 1. The minimum Gasteiger partial charge on any atom is -0.384 e. The highest BCUT2D eigenvalue weighted by molar-refractivity contribution is 7.89. The Kier molecular flexibility index (Phi) is 7.63. The van der Waals surface area contributed by atoms with E-state index in [4.69, 9.17) is 16.3 Å². The molecule has 3 aromatic rings. The lowest BCUT2D eigenvalue weighted by Crippen LogP contribution is -2.29. The van der Waals surface area contributed by atoms with Gasteiger partial charge in [-0.2, -0.15) is 0 Å². The molecule has 8 heteroatoms. The van der Waals surface area contributed by atoms with Crippen LogP contribution in [-0.4, -0.2) is 20.2 Å². The molecule has 3 rings (SSSR count). The molecule has 0 aliphatic rings. The Morgan fingerprint density at radius 3 is 2.36 bits per heavy atom. The summed E-state index contributed by atoms with van der Waals surface area (Å²) in [6, 6.07) is 21.1. The second-order valence-electron chi connectivity index (χ2n) is 7.84. The van der Waals surface area contributed by atoms with E-state index in [0.717, 1.165) is 17.5 Å². The first kappa shape index (κ1) is 24.2. The predicted octanol–water partition coefficient (Wildman–Crippen LogP) is 3.49. The summed E-state index contributed by atoms with van der Waals surface area (Å²) in [5.74, 6) is -0.451. The largest absolute Gasteiger partial charge is 0.384 e. The normalized spacial score (nSPS) is 12.2. The monoisotopic (exact) mass is 464 g/mol. The van der Waals surface area contributed by atoms with Crippen molar-refractivity contribution in [3.8, 4) is 11.1 Å². The zero-order chi connectivity index (χ0) is 24.0. The maximum absolute atomic E-state index is 13.0. The van der Waals surface area contributed by atoms with Crippen molar-refractivity contribution in [1.29, 1.82) is 5.41 Å². The van der Waals surface area contributed by atoms with Gasteiger partial charge in [0.15, 0.2) is 0 Å². The molecular formula is C25H28N4O3S. The number of benzene rings is 3. The summed E-state index contributed by atoms with van der Waals surface area (Å²) in [6.45, 7) is 2.35. The summed E-state index contributed by atoms with van der Waals surface area (Å²) in [5.41, 5.74) is 9.10. The number of hydrogen-bond acceptors (Lipinski definition) is 4. The van der Waals surface area contributed by atoms with Crippen LogP contribution in [0, 0.1) is 5.41 Å². The van der Waals surface area contributed by atoms with Gasteiger partial charge in [-0.1, -0.05) is 74.0 Å². The lowest BCUT2D eigenvalue weighted by molar-refractivity contribution is -0.122. The van der Waals surface area contributed by atoms with Crippen molar-refractivity contribution < 1.29 is 13.2 Å². The lowest BCUT2D eigenvalue weighted by Gasteiger charge is -2.18. The van der Waals surface area contributed by atoms with E-state index < -0.39 is 10.0 Å². The molecule has 0 spiro atoms. The minimum atomic E-state index is -3.86. The van der Waals surface area contributed by atoms with Gasteiger partial charge in [0.25, 0.3) is 0 Å². The summed E-state index contributed by atoms with van der Waals surface area (Å²) in [4.78, 5) is 13.1. The zero-order valence-corrected chi connectivity index (χ0v) is 19.2. The lowest BCUT2D eigenvalue weighted by atomic mass is 9.92. The molecule has 0 bridgehead atoms. The molecule has 1 unspecified atom stereocenters. The fourth-order valence-corrected chi connectivity index (χ4v) is 4.51. The van der Waals surface area contributed by atoms with Crippen molar-refractivity contribution >= 4 is 21.8 Å². The second-order valence-corrected chi connectivity index (χ2v) is 9.37. The van der Waals surface area contributed by atoms with Gasteiger partial charge in [-0.05, 0) is 35.2 Å². The van der Waals surface area contributed by atoms with Gasteiger partial charge in [0, 0.05) is 17.7 Å². The summed E-state index contributed by atoms with van der Waals surface area (Å²) in [6.07, 6.45) is 1.50. The summed E-state index contributed by atoms with van der Waals surface area (Å²) >= 11 is 0. The van der Waals surface area contributed by atoms with Gasteiger partial charge < -0.3 is 11.1 Å². The molecule has 0 saturated carbocycles. The molecular weight excluding hydrogens is 436 g/mol. The minimum absolute atomic E-state index is 0.0175. The highest BCUT2D eigenvalue weighted by Gasteiger charge is 2.20. The molecule has 0 aliphatic heterocycles. The van der Waals surface area contributed by atoms with Crippen LogP contribution in [0.25, 0.3) is 11.1 Å².